The van der Waals surface area contributed by atoms with E-state index in [1.54, 1.807) is 12.1 Å². The van der Waals surface area contributed by atoms with Crippen molar-refractivity contribution in [1.82, 2.24) is 4.90 Å². The molecule has 3 unspecified atom stereocenters. The summed E-state index contributed by atoms with van der Waals surface area (Å²) < 4.78 is 0.810. The molecule has 1 heterocycles. The van der Waals surface area contributed by atoms with Crippen LogP contribution in [-0.4, -0.2) is 23.4 Å². The second-order valence-electron chi connectivity index (χ2n) is 5.76. The minimum absolute atomic E-state index is 0.0741. The summed E-state index contributed by atoms with van der Waals surface area (Å²) in [5.74, 6) is 1.16. The minimum atomic E-state index is 0.0741. The molecule has 1 aromatic rings. The number of hydrogen-bond donors (Lipinski definition) is 1. The van der Waals surface area contributed by atoms with Gasteiger partial charge in [-0.05, 0) is 59.3 Å². The number of carbonyl (C=O) groups excluding carboxylic acids is 1. The van der Waals surface area contributed by atoms with Crippen LogP contribution in [0.5, 0.6) is 0 Å². The van der Waals surface area contributed by atoms with Gasteiger partial charge in [0.25, 0.3) is 5.91 Å². The summed E-state index contributed by atoms with van der Waals surface area (Å²) in [6.07, 6.45) is 1.18. The van der Waals surface area contributed by atoms with E-state index in [9.17, 15) is 4.79 Å². The summed E-state index contributed by atoms with van der Waals surface area (Å²) in [6.45, 7) is 7.38. The maximum Gasteiger partial charge on any atom is 0.255 e. The first-order valence-corrected chi connectivity index (χ1v) is 7.55. The van der Waals surface area contributed by atoms with E-state index in [2.05, 4.69) is 36.7 Å². The molecule has 4 heteroatoms. The van der Waals surface area contributed by atoms with Crippen LogP contribution < -0.4 is 5.73 Å². The van der Waals surface area contributed by atoms with Crippen molar-refractivity contribution in [3.63, 3.8) is 0 Å². The normalized spacial score (nSPS) is 27.4. The minimum Gasteiger partial charge on any atom is -0.399 e. The lowest BCUT2D eigenvalue weighted by Gasteiger charge is -2.41. The average Bonchev–Trinajstić information content (AvgIpc) is 2.36. The quantitative estimate of drug-likeness (QED) is 0.803. The van der Waals surface area contributed by atoms with E-state index in [1.807, 2.05) is 11.0 Å². The molecule has 1 fully saturated rings. The van der Waals surface area contributed by atoms with Crippen molar-refractivity contribution >= 4 is 27.5 Å². The first kappa shape index (κ1) is 14.4. The van der Waals surface area contributed by atoms with E-state index in [4.69, 9.17) is 5.73 Å². The van der Waals surface area contributed by atoms with Gasteiger partial charge in [-0.2, -0.15) is 0 Å². The van der Waals surface area contributed by atoms with E-state index < -0.39 is 0 Å². The SMILES string of the molecule is CC1CC(C)C(C)N(C(=O)c2cc(N)ccc2Br)C1. The Bertz CT molecular complexity index is 489. The van der Waals surface area contributed by atoms with Crippen molar-refractivity contribution < 1.29 is 4.79 Å². The van der Waals surface area contributed by atoms with Crippen LogP contribution in [0.3, 0.4) is 0 Å². The lowest BCUT2D eigenvalue weighted by molar-refractivity contribution is 0.0455. The number of piperidine rings is 1. The molecule has 3 atom stereocenters. The predicted molar refractivity (Wildman–Crippen MR) is 82.0 cm³/mol. The third-order valence-corrected chi connectivity index (χ3v) is 4.77. The zero-order chi connectivity index (χ0) is 14.2. The van der Waals surface area contributed by atoms with Gasteiger partial charge in [0.1, 0.15) is 0 Å². The van der Waals surface area contributed by atoms with E-state index in [1.165, 1.54) is 6.42 Å². The smallest absolute Gasteiger partial charge is 0.255 e. The average molecular weight is 325 g/mol. The first-order valence-electron chi connectivity index (χ1n) is 6.76. The maximum absolute atomic E-state index is 12.7. The fourth-order valence-corrected chi connectivity index (χ4v) is 3.26. The van der Waals surface area contributed by atoms with Gasteiger partial charge >= 0.3 is 0 Å². The molecule has 3 nitrogen and oxygen atoms in total. The Hall–Kier alpha value is -1.03. The van der Waals surface area contributed by atoms with Crippen molar-refractivity contribution in [1.29, 1.82) is 0 Å². The van der Waals surface area contributed by atoms with Crippen LogP contribution in [0.4, 0.5) is 5.69 Å². The maximum atomic E-state index is 12.7. The van der Waals surface area contributed by atoms with Crippen LogP contribution >= 0.6 is 15.9 Å². The number of rotatable bonds is 1. The molecule has 2 rings (SSSR count). The molecular weight excluding hydrogens is 304 g/mol. The zero-order valence-corrected chi connectivity index (χ0v) is 13.3. The van der Waals surface area contributed by atoms with Crippen LogP contribution in [0.2, 0.25) is 0 Å². The highest BCUT2D eigenvalue weighted by molar-refractivity contribution is 9.10. The summed E-state index contributed by atoms with van der Waals surface area (Å²) in [4.78, 5) is 14.7. The summed E-state index contributed by atoms with van der Waals surface area (Å²) >= 11 is 3.44. The highest BCUT2D eigenvalue weighted by atomic mass is 79.9. The Morgan fingerprint density at radius 3 is 2.74 bits per heavy atom. The Morgan fingerprint density at radius 2 is 2.05 bits per heavy atom. The van der Waals surface area contributed by atoms with Crippen molar-refractivity contribution in [3.8, 4) is 0 Å². The Labute approximate surface area is 123 Å². The third-order valence-electron chi connectivity index (χ3n) is 4.08. The van der Waals surface area contributed by atoms with Gasteiger partial charge in [-0.15, -0.1) is 0 Å². The number of nitrogen functional groups attached to an aromatic ring is 1. The predicted octanol–water partition coefficient (Wildman–Crippen LogP) is 3.54. The number of nitrogens with two attached hydrogens (primary N) is 1. The fraction of sp³-hybridized carbons (Fsp3) is 0.533. The van der Waals surface area contributed by atoms with Crippen LogP contribution in [0.1, 0.15) is 37.6 Å². The van der Waals surface area contributed by atoms with Crippen molar-refractivity contribution in [2.45, 2.75) is 33.2 Å². The number of anilines is 1. The molecule has 0 saturated carbocycles. The summed E-state index contributed by atoms with van der Waals surface area (Å²) in [5, 5.41) is 0. The van der Waals surface area contributed by atoms with Gasteiger partial charge < -0.3 is 10.6 Å². The molecule has 2 N–H and O–H groups in total. The molecule has 1 amide bonds. The second-order valence-corrected chi connectivity index (χ2v) is 6.61. The van der Waals surface area contributed by atoms with Gasteiger partial charge in [0, 0.05) is 22.7 Å². The molecule has 19 heavy (non-hydrogen) atoms. The Kier molecular flexibility index (Phi) is 4.19. The molecule has 1 saturated heterocycles. The highest BCUT2D eigenvalue weighted by Crippen LogP contribution is 2.30. The van der Waals surface area contributed by atoms with Gasteiger partial charge in [0.15, 0.2) is 0 Å². The summed E-state index contributed by atoms with van der Waals surface area (Å²) in [6, 6.07) is 5.66. The molecule has 0 bridgehead atoms. The van der Waals surface area contributed by atoms with Gasteiger partial charge in [-0.25, -0.2) is 0 Å². The first-order chi connectivity index (χ1) is 8.90. The van der Waals surface area contributed by atoms with E-state index in [0.717, 1.165) is 11.0 Å². The Morgan fingerprint density at radius 1 is 1.37 bits per heavy atom. The Balaban J connectivity index is 2.30. The monoisotopic (exact) mass is 324 g/mol. The molecule has 1 aliphatic rings. The zero-order valence-electron chi connectivity index (χ0n) is 11.7. The standard InChI is InChI=1S/C15H21BrN2O/c1-9-6-10(2)11(3)18(8-9)15(19)13-7-12(17)4-5-14(13)16/h4-5,7,9-11H,6,8,17H2,1-3H3. The number of nitrogens with zero attached hydrogens (tertiary/aromatic N) is 1. The third kappa shape index (κ3) is 2.94. The largest absolute Gasteiger partial charge is 0.399 e. The van der Waals surface area contributed by atoms with Crippen molar-refractivity contribution in [2.24, 2.45) is 11.8 Å². The van der Waals surface area contributed by atoms with Crippen LogP contribution in [0.15, 0.2) is 22.7 Å². The number of benzene rings is 1. The van der Waals surface area contributed by atoms with Crippen LogP contribution in [0.25, 0.3) is 0 Å². The molecular formula is C15H21BrN2O. The lowest BCUT2D eigenvalue weighted by Crippen LogP contribution is -2.48. The fourth-order valence-electron chi connectivity index (χ4n) is 2.84. The second kappa shape index (κ2) is 5.53. The van der Waals surface area contributed by atoms with E-state index >= 15 is 0 Å². The number of likely N-dealkylation sites (tertiary alicyclic amines) is 1. The number of hydrogen-bond acceptors (Lipinski definition) is 2. The number of carbonyl (C=O) groups is 1. The van der Waals surface area contributed by atoms with E-state index in [-0.39, 0.29) is 11.9 Å². The number of amides is 1. The van der Waals surface area contributed by atoms with Gasteiger partial charge in [0.05, 0.1) is 5.56 Å². The molecule has 0 spiro atoms. The summed E-state index contributed by atoms with van der Waals surface area (Å²) in [5.41, 5.74) is 7.08. The topological polar surface area (TPSA) is 46.3 Å². The van der Waals surface area contributed by atoms with Crippen LogP contribution in [0, 0.1) is 11.8 Å². The molecule has 104 valence electrons. The van der Waals surface area contributed by atoms with Gasteiger partial charge in [-0.3, -0.25) is 4.79 Å². The molecule has 1 aliphatic heterocycles. The van der Waals surface area contributed by atoms with E-state index in [0.29, 0.717) is 23.1 Å². The van der Waals surface area contributed by atoms with Crippen molar-refractivity contribution in [3.05, 3.63) is 28.2 Å². The number of halogens is 1. The van der Waals surface area contributed by atoms with Crippen LogP contribution in [-0.2, 0) is 0 Å². The van der Waals surface area contributed by atoms with Crippen molar-refractivity contribution in [2.75, 3.05) is 12.3 Å². The molecule has 0 aromatic heterocycles. The summed E-state index contributed by atoms with van der Waals surface area (Å²) in [7, 11) is 0. The van der Waals surface area contributed by atoms with Gasteiger partial charge in [0.2, 0.25) is 0 Å². The molecule has 1 aromatic carbocycles. The van der Waals surface area contributed by atoms with Gasteiger partial charge in [-0.1, -0.05) is 13.8 Å². The highest BCUT2D eigenvalue weighted by Gasteiger charge is 2.32. The molecule has 0 radical (unpaired) electrons. The lowest BCUT2D eigenvalue weighted by atomic mass is 9.85. The molecule has 0 aliphatic carbocycles.